The van der Waals surface area contributed by atoms with E-state index in [0.29, 0.717) is 18.0 Å². The van der Waals surface area contributed by atoms with Gasteiger partial charge in [0.25, 0.3) is 0 Å². The average Bonchev–Trinajstić information content (AvgIpc) is 2.68. The zero-order valence-corrected chi connectivity index (χ0v) is 11.4. The highest BCUT2D eigenvalue weighted by molar-refractivity contribution is 6.31. The lowest BCUT2D eigenvalue weighted by Crippen LogP contribution is -2.53. The molecule has 1 amide bonds. The number of nitrogens with one attached hydrogen (secondary N) is 2. The molecule has 3 rings (SSSR count). The minimum Gasteiger partial charge on any atom is -0.353 e. The second kappa shape index (κ2) is 4.83. The standard InChI is InChI=1S/C13H15ClN4O/c1-18-11-3-2-8(14)6-9(11)17-12(18)7-10-13(19)16-5-4-15-10/h2-3,6,10,15H,4-5,7H2,1H3,(H,16,19). The summed E-state index contributed by atoms with van der Waals surface area (Å²) in [6.45, 7) is 1.49. The van der Waals surface area contributed by atoms with Gasteiger partial charge in [-0.3, -0.25) is 4.79 Å². The molecule has 0 bridgehead atoms. The Labute approximate surface area is 116 Å². The summed E-state index contributed by atoms with van der Waals surface area (Å²) in [5.41, 5.74) is 1.89. The predicted octanol–water partition coefficient (Wildman–Crippen LogP) is 0.857. The van der Waals surface area contributed by atoms with Crippen LogP contribution in [0, 0.1) is 0 Å². The molecule has 2 N–H and O–H groups in total. The molecular weight excluding hydrogens is 264 g/mol. The lowest BCUT2D eigenvalue weighted by molar-refractivity contribution is -0.124. The molecule has 6 heteroatoms. The minimum atomic E-state index is -0.209. The molecule has 1 aromatic heterocycles. The van der Waals surface area contributed by atoms with E-state index in [9.17, 15) is 4.79 Å². The van der Waals surface area contributed by atoms with Crippen LogP contribution < -0.4 is 10.6 Å². The van der Waals surface area contributed by atoms with Gasteiger partial charge in [0.1, 0.15) is 5.82 Å². The molecule has 0 aliphatic carbocycles. The van der Waals surface area contributed by atoms with Gasteiger partial charge < -0.3 is 15.2 Å². The number of piperazine rings is 1. The number of rotatable bonds is 2. The van der Waals surface area contributed by atoms with Crippen LogP contribution in [-0.4, -0.2) is 34.6 Å². The molecule has 0 spiro atoms. The Balaban J connectivity index is 1.92. The number of halogens is 1. The number of carbonyl (C=O) groups is 1. The first-order valence-electron chi connectivity index (χ1n) is 6.27. The van der Waals surface area contributed by atoms with Crippen molar-refractivity contribution in [3.05, 3.63) is 29.0 Å². The van der Waals surface area contributed by atoms with E-state index >= 15 is 0 Å². The summed E-state index contributed by atoms with van der Waals surface area (Å²) < 4.78 is 2.01. The summed E-state index contributed by atoms with van der Waals surface area (Å²) in [5.74, 6) is 0.920. The maximum absolute atomic E-state index is 11.7. The number of fused-ring (bicyclic) bond motifs is 1. The molecule has 5 nitrogen and oxygen atoms in total. The van der Waals surface area contributed by atoms with Gasteiger partial charge in [-0.25, -0.2) is 4.98 Å². The summed E-state index contributed by atoms with van der Waals surface area (Å²) in [6, 6.07) is 5.43. The Bertz CT molecular complexity index is 637. The molecule has 1 saturated heterocycles. The van der Waals surface area contributed by atoms with E-state index < -0.39 is 0 Å². The molecule has 100 valence electrons. The van der Waals surface area contributed by atoms with E-state index in [2.05, 4.69) is 15.6 Å². The quantitative estimate of drug-likeness (QED) is 0.857. The monoisotopic (exact) mass is 278 g/mol. The highest BCUT2D eigenvalue weighted by Gasteiger charge is 2.23. The van der Waals surface area contributed by atoms with Gasteiger partial charge in [-0.15, -0.1) is 0 Å². The third-order valence-electron chi connectivity index (χ3n) is 3.45. The maximum Gasteiger partial charge on any atom is 0.237 e. The number of carbonyl (C=O) groups excluding carboxylic acids is 1. The van der Waals surface area contributed by atoms with Crippen LogP contribution in [0.4, 0.5) is 0 Å². The first-order chi connectivity index (χ1) is 9.15. The van der Waals surface area contributed by atoms with E-state index in [-0.39, 0.29) is 11.9 Å². The molecule has 1 atom stereocenters. The van der Waals surface area contributed by atoms with Crippen LogP contribution >= 0.6 is 11.6 Å². The molecule has 1 unspecified atom stereocenters. The number of hydrogen-bond donors (Lipinski definition) is 2. The zero-order chi connectivity index (χ0) is 13.4. The number of imidazole rings is 1. The van der Waals surface area contributed by atoms with Crippen molar-refractivity contribution < 1.29 is 4.79 Å². The van der Waals surface area contributed by atoms with Crippen LogP contribution in [-0.2, 0) is 18.3 Å². The Morgan fingerprint density at radius 3 is 3.11 bits per heavy atom. The van der Waals surface area contributed by atoms with Gasteiger partial charge in [0.2, 0.25) is 5.91 Å². The van der Waals surface area contributed by atoms with E-state index in [1.807, 2.05) is 29.8 Å². The fourth-order valence-corrected chi connectivity index (χ4v) is 2.57. The number of hydrogen-bond acceptors (Lipinski definition) is 3. The summed E-state index contributed by atoms with van der Waals surface area (Å²) in [7, 11) is 1.96. The summed E-state index contributed by atoms with van der Waals surface area (Å²) in [5, 5.41) is 6.74. The van der Waals surface area contributed by atoms with Gasteiger partial charge in [-0.1, -0.05) is 11.6 Å². The number of aromatic nitrogens is 2. The van der Waals surface area contributed by atoms with Crippen molar-refractivity contribution in [2.45, 2.75) is 12.5 Å². The first kappa shape index (κ1) is 12.4. The topological polar surface area (TPSA) is 59.0 Å². The summed E-state index contributed by atoms with van der Waals surface area (Å²) >= 11 is 5.97. The molecule has 1 aliphatic heterocycles. The molecule has 1 aromatic carbocycles. The number of nitrogens with zero attached hydrogens (tertiary/aromatic N) is 2. The van der Waals surface area contributed by atoms with Crippen LogP contribution in [0.25, 0.3) is 11.0 Å². The molecule has 19 heavy (non-hydrogen) atoms. The molecule has 0 radical (unpaired) electrons. The van der Waals surface area contributed by atoms with Crippen LogP contribution in [0.3, 0.4) is 0 Å². The SMILES string of the molecule is Cn1c(CC2NCCNC2=O)nc2cc(Cl)ccc21. The highest BCUT2D eigenvalue weighted by Crippen LogP contribution is 2.20. The minimum absolute atomic E-state index is 0.0383. The van der Waals surface area contributed by atoms with E-state index in [4.69, 9.17) is 11.6 Å². The molecule has 0 saturated carbocycles. The van der Waals surface area contributed by atoms with E-state index in [1.165, 1.54) is 0 Å². The van der Waals surface area contributed by atoms with Crippen LogP contribution in [0.1, 0.15) is 5.82 Å². The van der Waals surface area contributed by atoms with Crippen LogP contribution in [0.5, 0.6) is 0 Å². The largest absolute Gasteiger partial charge is 0.353 e. The molecule has 1 fully saturated rings. The van der Waals surface area contributed by atoms with Crippen molar-refractivity contribution in [2.24, 2.45) is 7.05 Å². The second-order valence-corrected chi connectivity index (χ2v) is 5.16. The van der Waals surface area contributed by atoms with Gasteiger partial charge in [0.05, 0.1) is 17.1 Å². The van der Waals surface area contributed by atoms with Crippen molar-refractivity contribution in [1.29, 1.82) is 0 Å². The van der Waals surface area contributed by atoms with Gasteiger partial charge in [0, 0.05) is 31.6 Å². The van der Waals surface area contributed by atoms with Crippen molar-refractivity contribution >= 4 is 28.5 Å². The Morgan fingerprint density at radius 1 is 1.47 bits per heavy atom. The first-order valence-corrected chi connectivity index (χ1v) is 6.65. The fraction of sp³-hybridized carbons (Fsp3) is 0.385. The smallest absolute Gasteiger partial charge is 0.237 e. The maximum atomic E-state index is 11.7. The van der Waals surface area contributed by atoms with Crippen LogP contribution in [0.15, 0.2) is 18.2 Å². The van der Waals surface area contributed by atoms with Gasteiger partial charge in [-0.2, -0.15) is 0 Å². The van der Waals surface area contributed by atoms with E-state index in [1.54, 1.807) is 0 Å². The number of amides is 1. The van der Waals surface area contributed by atoms with Crippen molar-refractivity contribution in [2.75, 3.05) is 13.1 Å². The van der Waals surface area contributed by atoms with Crippen molar-refractivity contribution in [1.82, 2.24) is 20.2 Å². The molecule has 1 aliphatic rings. The average molecular weight is 279 g/mol. The van der Waals surface area contributed by atoms with Gasteiger partial charge >= 0.3 is 0 Å². The predicted molar refractivity (Wildman–Crippen MR) is 74.2 cm³/mol. The summed E-state index contributed by atoms with van der Waals surface area (Å²) in [6.07, 6.45) is 0.578. The van der Waals surface area contributed by atoms with Crippen molar-refractivity contribution in [3.8, 4) is 0 Å². The molecule has 2 aromatic rings. The molecule has 2 heterocycles. The third-order valence-corrected chi connectivity index (χ3v) is 3.69. The normalized spacial score (nSPS) is 19.7. The second-order valence-electron chi connectivity index (χ2n) is 4.72. The molecular formula is C13H15ClN4O. The van der Waals surface area contributed by atoms with Gasteiger partial charge in [0.15, 0.2) is 0 Å². The lowest BCUT2D eigenvalue weighted by atomic mass is 10.1. The lowest BCUT2D eigenvalue weighted by Gasteiger charge is -2.23. The Hall–Kier alpha value is -1.59. The highest BCUT2D eigenvalue weighted by atomic mass is 35.5. The third kappa shape index (κ3) is 2.31. The number of aryl methyl sites for hydroxylation is 1. The fourth-order valence-electron chi connectivity index (χ4n) is 2.40. The van der Waals surface area contributed by atoms with Gasteiger partial charge in [-0.05, 0) is 18.2 Å². The number of benzene rings is 1. The Morgan fingerprint density at radius 2 is 2.32 bits per heavy atom. The van der Waals surface area contributed by atoms with Crippen LogP contribution in [0.2, 0.25) is 5.02 Å². The summed E-state index contributed by atoms with van der Waals surface area (Å²) in [4.78, 5) is 16.3. The van der Waals surface area contributed by atoms with E-state index in [0.717, 1.165) is 23.4 Å². The zero-order valence-electron chi connectivity index (χ0n) is 10.6. The Kier molecular flexibility index (Phi) is 3.16. The van der Waals surface area contributed by atoms with Crippen molar-refractivity contribution in [3.63, 3.8) is 0 Å².